The molecule has 0 unspecified atom stereocenters. The molecule has 0 aliphatic carbocycles. The molecule has 3 aromatic carbocycles. The second-order valence-corrected chi connectivity index (χ2v) is 6.86. The molecule has 0 radical (unpaired) electrons. The van der Waals surface area contributed by atoms with Gasteiger partial charge in [-0.3, -0.25) is 4.79 Å². The number of rotatable bonds is 6. The van der Waals surface area contributed by atoms with E-state index in [-0.39, 0.29) is 5.91 Å². The van der Waals surface area contributed by atoms with Crippen LogP contribution in [0.2, 0.25) is 5.02 Å². The maximum Gasteiger partial charge on any atom is 0.272 e. The molecule has 1 N–H and O–H groups in total. The fourth-order valence-corrected chi connectivity index (χ4v) is 3.01. The number of amides is 1. The Balaban J connectivity index is 1.67. The minimum atomic E-state index is -0.298. The number of ether oxygens (including phenoxy) is 1. The van der Waals surface area contributed by atoms with Crippen LogP contribution in [0, 0.1) is 0 Å². The van der Waals surface area contributed by atoms with Crippen LogP contribution in [-0.4, -0.2) is 12.1 Å². The monoisotopic (exact) mass is 442 g/mol. The molecule has 0 bridgehead atoms. The highest BCUT2D eigenvalue weighted by Crippen LogP contribution is 2.21. The zero-order valence-electron chi connectivity index (χ0n) is 14.2. The normalized spacial score (nSPS) is 10.7. The molecule has 6 heteroatoms. The number of carbonyl (C=O) groups is 1. The van der Waals surface area contributed by atoms with Crippen LogP contribution in [0.3, 0.4) is 0 Å². The van der Waals surface area contributed by atoms with Gasteiger partial charge in [0.2, 0.25) is 0 Å². The van der Waals surface area contributed by atoms with E-state index < -0.39 is 0 Å². The summed E-state index contributed by atoms with van der Waals surface area (Å²) in [5.74, 6) is 0.351. The van der Waals surface area contributed by atoms with E-state index in [9.17, 15) is 4.79 Å². The fraction of sp³-hybridized carbons (Fsp3) is 0.0476. The number of hydrazone groups is 1. The quantitative estimate of drug-likeness (QED) is 0.407. The third kappa shape index (κ3) is 5.18. The summed E-state index contributed by atoms with van der Waals surface area (Å²) >= 11 is 9.51. The molecule has 0 spiro atoms. The Morgan fingerprint density at radius 1 is 1.04 bits per heavy atom. The van der Waals surface area contributed by atoms with E-state index in [1.807, 2.05) is 54.6 Å². The highest BCUT2D eigenvalue weighted by atomic mass is 79.9. The van der Waals surface area contributed by atoms with E-state index in [1.165, 1.54) is 0 Å². The molecule has 0 saturated carbocycles. The standard InChI is InChI=1S/C21H16BrClN2O2/c22-18-10-4-3-9-17(18)21(26)25-24-13-15-7-2-6-12-20(15)27-14-16-8-1-5-11-19(16)23/h1-13H,14H2,(H,25,26)/b24-13-. The average molecular weight is 444 g/mol. The number of benzene rings is 3. The van der Waals surface area contributed by atoms with E-state index in [4.69, 9.17) is 16.3 Å². The van der Waals surface area contributed by atoms with Crippen molar-refractivity contribution in [1.29, 1.82) is 0 Å². The molecule has 0 aliphatic heterocycles. The number of hydrogen-bond donors (Lipinski definition) is 1. The summed E-state index contributed by atoms with van der Waals surface area (Å²) in [6, 6.07) is 22.1. The highest BCUT2D eigenvalue weighted by Gasteiger charge is 2.08. The molecular weight excluding hydrogens is 428 g/mol. The van der Waals surface area contributed by atoms with Gasteiger partial charge in [-0.25, -0.2) is 5.43 Å². The first-order valence-corrected chi connectivity index (χ1v) is 9.35. The molecule has 4 nitrogen and oxygen atoms in total. The molecule has 0 aliphatic rings. The number of carbonyl (C=O) groups excluding carboxylic acids is 1. The molecule has 3 aromatic rings. The number of halogens is 2. The van der Waals surface area contributed by atoms with Gasteiger partial charge in [0, 0.05) is 20.6 Å². The van der Waals surface area contributed by atoms with Gasteiger partial charge in [0.05, 0.1) is 11.8 Å². The minimum absolute atomic E-state index is 0.298. The van der Waals surface area contributed by atoms with Crippen molar-refractivity contribution in [2.45, 2.75) is 6.61 Å². The summed E-state index contributed by atoms with van der Waals surface area (Å²) in [6.07, 6.45) is 1.55. The summed E-state index contributed by atoms with van der Waals surface area (Å²) in [5.41, 5.74) is 4.68. The molecule has 1 amide bonds. The van der Waals surface area contributed by atoms with E-state index in [1.54, 1.807) is 24.4 Å². The lowest BCUT2D eigenvalue weighted by Gasteiger charge is -2.10. The van der Waals surface area contributed by atoms with Gasteiger partial charge in [0.15, 0.2) is 0 Å². The Morgan fingerprint density at radius 3 is 2.56 bits per heavy atom. The SMILES string of the molecule is O=C(N/N=C\c1ccccc1OCc1ccccc1Cl)c1ccccc1Br. The third-order valence-electron chi connectivity index (χ3n) is 3.75. The van der Waals surface area contributed by atoms with Gasteiger partial charge < -0.3 is 4.74 Å². The number of nitrogens with zero attached hydrogens (tertiary/aromatic N) is 1. The molecule has 0 fully saturated rings. The largest absolute Gasteiger partial charge is 0.488 e. The van der Waals surface area contributed by atoms with Crippen molar-refractivity contribution in [2.75, 3.05) is 0 Å². The smallest absolute Gasteiger partial charge is 0.272 e. The molecule has 136 valence electrons. The maximum absolute atomic E-state index is 12.2. The second kappa shape index (κ2) is 9.35. The Kier molecular flexibility index (Phi) is 6.63. The van der Waals surface area contributed by atoms with E-state index in [0.717, 1.165) is 11.1 Å². The zero-order chi connectivity index (χ0) is 19.1. The number of hydrogen-bond acceptors (Lipinski definition) is 3. The van der Waals surface area contributed by atoms with E-state index in [2.05, 4.69) is 26.5 Å². The van der Waals surface area contributed by atoms with Crippen LogP contribution in [0.1, 0.15) is 21.5 Å². The number of para-hydroxylation sites is 1. The van der Waals surface area contributed by atoms with Gasteiger partial charge >= 0.3 is 0 Å². The van der Waals surface area contributed by atoms with Crippen molar-refractivity contribution in [3.05, 3.63) is 99.0 Å². The summed E-state index contributed by atoms with van der Waals surface area (Å²) < 4.78 is 6.58. The van der Waals surface area contributed by atoms with Gasteiger partial charge in [0.25, 0.3) is 5.91 Å². The van der Waals surface area contributed by atoms with Gasteiger partial charge in [-0.05, 0) is 46.3 Å². The summed E-state index contributed by atoms with van der Waals surface area (Å²) in [6.45, 7) is 0.341. The summed E-state index contributed by atoms with van der Waals surface area (Å²) in [7, 11) is 0. The lowest BCUT2D eigenvalue weighted by Crippen LogP contribution is -2.18. The molecule has 0 aromatic heterocycles. The minimum Gasteiger partial charge on any atom is -0.488 e. The van der Waals surface area contributed by atoms with Crippen molar-refractivity contribution in [2.24, 2.45) is 5.10 Å². The van der Waals surface area contributed by atoms with Crippen molar-refractivity contribution < 1.29 is 9.53 Å². The molecule has 0 saturated heterocycles. The predicted molar refractivity (Wildman–Crippen MR) is 111 cm³/mol. The topological polar surface area (TPSA) is 50.7 Å². The van der Waals surface area contributed by atoms with E-state index in [0.29, 0.717) is 27.4 Å². The van der Waals surface area contributed by atoms with Gasteiger partial charge in [-0.15, -0.1) is 0 Å². The van der Waals surface area contributed by atoms with Crippen LogP contribution < -0.4 is 10.2 Å². The van der Waals surface area contributed by atoms with Crippen LogP contribution in [0.25, 0.3) is 0 Å². The number of nitrogens with one attached hydrogen (secondary N) is 1. The Labute approximate surface area is 171 Å². The Hall–Kier alpha value is -2.63. The molecule has 0 atom stereocenters. The lowest BCUT2D eigenvalue weighted by atomic mass is 10.2. The van der Waals surface area contributed by atoms with Crippen molar-refractivity contribution >= 4 is 39.7 Å². The van der Waals surface area contributed by atoms with Crippen LogP contribution in [-0.2, 0) is 6.61 Å². The fourth-order valence-electron chi connectivity index (χ4n) is 2.36. The Morgan fingerprint density at radius 2 is 1.74 bits per heavy atom. The van der Waals surface area contributed by atoms with Crippen molar-refractivity contribution in [1.82, 2.24) is 5.43 Å². The molecular formula is C21H16BrClN2O2. The molecule has 0 heterocycles. The second-order valence-electron chi connectivity index (χ2n) is 5.60. The van der Waals surface area contributed by atoms with Crippen molar-refractivity contribution in [3.63, 3.8) is 0 Å². The van der Waals surface area contributed by atoms with Crippen LogP contribution in [0.4, 0.5) is 0 Å². The molecule has 27 heavy (non-hydrogen) atoms. The predicted octanol–water partition coefficient (Wildman–Crippen LogP) is 5.45. The van der Waals surface area contributed by atoms with Gasteiger partial charge in [-0.2, -0.15) is 5.10 Å². The lowest BCUT2D eigenvalue weighted by molar-refractivity contribution is 0.0954. The van der Waals surface area contributed by atoms with Crippen LogP contribution >= 0.6 is 27.5 Å². The first-order chi connectivity index (χ1) is 13.1. The third-order valence-corrected chi connectivity index (χ3v) is 4.81. The zero-order valence-corrected chi connectivity index (χ0v) is 16.6. The van der Waals surface area contributed by atoms with Gasteiger partial charge in [0.1, 0.15) is 12.4 Å². The first-order valence-electron chi connectivity index (χ1n) is 8.18. The maximum atomic E-state index is 12.2. The molecule has 3 rings (SSSR count). The summed E-state index contributed by atoms with van der Waals surface area (Å²) in [5, 5.41) is 4.70. The Bertz CT molecular complexity index is 976. The van der Waals surface area contributed by atoms with E-state index >= 15 is 0 Å². The first kappa shape index (κ1) is 19.1. The highest BCUT2D eigenvalue weighted by molar-refractivity contribution is 9.10. The van der Waals surface area contributed by atoms with Crippen LogP contribution in [0.15, 0.2) is 82.4 Å². The average Bonchev–Trinajstić information content (AvgIpc) is 2.68. The summed E-state index contributed by atoms with van der Waals surface area (Å²) in [4.78, 5) is 12.2. The van der Waals surface area contributed by atoms with Gasteiger partial charge in [-0.1, -0.05) is 54.1 Å². The van der Waals surface area contributed by atoms with Crippen molar-refractivity contribution in [3.8, 4) is 5.75 Å². The van der Waals surface area contributed by atoms with Crippen LogP contribution in [0.5, 0.6) is 5.75 Å².